The molecule has 166 valence electrons. The predicted octanol–water partition coefficient (Wildman–Crippen LogP) is 6.59. The van der Waals surface area contributed by atoms with Gasteiger partial charge in [-0.1, -0.05) is 46.9 Å². The van der Waals surface area contributed by atoms with Crippen LogP contribution in [-0.4, -0.2) is 31.6 Å². The summed E-state index contributed by atoms with van der Waals surface area (Å²) in [5, 5.41) is 0.680. The van der Waals surface area contributed by atoms with Gasteiger partial charge in [-0.3, -0.25) is 4.79 Å². The third kappa shape index (κ3) is 4.13. The molecule has 3 aromatic carbocycles. The smallest absolute Gasteiger partial charge is 0.257 e. The first-order valence-electron chi connectivity index (χ1n) is 9.79. The molecule has 4 rings (SSSR count). The van der Waals surface area contributed by atoms with Gasteiger partial charge in [0.15, 0.2) is 11.5 Å². The van der Waals surface area contributed by atoms with Gasteiger partial charge >= 0.3 is 0 Å². The molecular formula is C24H19Cl3FNO3. The minimum Gasteiger partial charge on any atom is -0.493 e. The molecule has 0 bridgehead atoms. The van der Waals surface area contributed by atoms with Crippen LogP contribution in [0, 0.1) is 5.82 Å². The molecule has 8 heteroatoms. The third-order valence-corrected chi connectivity index (χ3v) is 6.36. The standard InChI is InChI=1S/C24H19Cl3FNO3/c1-31-20-9-14-7-8-29(24(30)22-18(26)10-15(25)11-19(22)27)23(17(14)12-21(20)32-2)13-3-5-16(28)6-4-13/h3-6,9-12,23H,7-8H2,1-2H3. The zero-order valence-electron chi connectivity index (χ0n) is 17.3. The van der Waals surface area contributed by atoms with Gasteiger partial charge in [-0.15, -0.1) is 0 Å². The molecule has 1 unspecified atom stereocenters. The number of carbonyl (C=O) groups is 1. The number of ether oxygens (including phenoxy) is 2. The maximum Gasteiger partial charge on any atom is 0.257 e. The largest absolute Gasteiger partial charge is 0.493 e. The molecule has 1 amide bonds. The Labute approximate surface area is 200 Å². The van der Waals surface area contributed by atoms with Gasteiger partial charge in [0.1, 0.15) is 5.82 Å². The Morgan fingerprint density at radius 2 is 1.56 bits per heavy atom. The van der Waals surface area contributed by atoms with Crippen molar-refractivity contribution in [2.24, 2.45) is 0 Å². The van der Waals surface area contributed by atoms with Crippen LogP contribution in [-0.2, 0) is 6.42 Å². The summed E-state index contributed by atoms with van der Waals surface area (Å²) in [5.74, 6) is 0.438. The number of nitrogens with zero attached hydrogens (tertiary/aromatic N) is 1. The lowest BCUT2D eigenvalue weighted by Gasteiger charge is -2.38. The first-order valence-corrected chi connectivity index (χ1v) is 10.9. The van der Waals surface area contributed by atoms with E-state index in [4.69, 9.17) is 44.3 Å². The van der Waals surface area contributed by atoms with E-state index in [2.05, 4.69) is 0 Å². The Hall–Kier alpha value is -2.47. The summed E-state index contributed by atoms with van der Waals surface area (Å²) < 4.78 is 24.6. The van der Waals surface area contributed by atoms with E-state index < -0.39 is 6.04 Å². The molecule has 1 aliphatic rings. The van der Waals surface area contributed by atoms with Crippen molar-refractivity contribution in [1.29, 1.82) is 0 Å². The van der Waals surface area contributed by atoms with Gasteiger partial charge in [-0.25, -0.2) is 4.39 Å². The average molecular weight is 495 g/mol. The molecule has 4 nitrogen and oxygen atoms in total. The normalized spacial score (nSPS) is 15.3. The highest BCUT2D eigenvalue weighted by atomic mass is 35.5. The Bertz CT molecular complexity index is 1160. The lowest BCUT2D eigenvalue weighted by atomic mass is 9.87. The highest BCUT2D eigenvalue weighted by Gasteiger charge is 2.35. The molecule has 0 N–H and O–H groups in total. The van der Waals surface area contributed by atoms with Gasteiger partial charge in [-0.2, -0.15) is 0 Å². The van der Waals surface area contributed by atoms with E-state index in [1.165, 1.54) is 24.3 Å². The van der Waals surface area contributed by atoms with Crippen molar-refractivity contribution in [2.75, 3.05) is 20.8 Å². The molecule has 0 spiro atoms. The van der Waals surface area contributed by atoms with Crippen molar-refractivity contribution in [1.82, 2.24) is 4.90 Å². The van der Waals surface area contributed by atoms with Crippen molar-refractivity contribution >= 4 is 40.7 Å². The SMILES string of the molecule is COc1cc2c(cc1OC)C(c1ccc(F)cc1)N(C(=O)c1c(Cl)cc(Cl)cc1Cl)CC2. The molecule has 3 aromatic rings. The van der Waals surface area contributed by atoms with E-state index in [-0.39, 0.29) is 27.3 Å². The quantitative estimate of drug-likeness (QED) is 0.411. The summed E-state index contributed by atoms with van der Waals surface area (Å²) in [6.07, 6.45) is 0.585. The Kier molecular flexibility index (Phi) is 6.52. The van der Waals surface area contributed by atoms with Gasteiger partial charge in [0.25, 0.3) is 5.91 Å². The molecule has 1 atom stereocenters. The van der Waals surface area contributed by atoms with Crippen LogP contribution in [0.2, 0.25) is 15.1 Å². The number of carbonyl (C=O) groups excluding carboxylic acids is 1. The van der Waals surface area contributed by atoms with Crippen molar-refractivity contribution < 1.29 is 18.7 Å². The summed E-state index contributed by atoms with van der Waals surface area (Å²) in [4.78, 5) is 15.4. The summed E-state index contributed by atoms with van der Waals surface area (Å²) >= 11 is 18.7. The molecule has 1 heterocycles. The molecule has 0 saturated heterocycles. The number of amides is 1. The Morgan fingerprint density at radius 1 is 0.969 bits per heavy atom. The van der Waals surface area contributed by atoms with E-state index in [1.54, 1.807) is 31.3 Å². The minimum atomic E-state index is -0.505. The van der Waals surface area contributed by atoms with Crippen LogP contribution in [0.5, 0.6) is 11.5 Å². The molecule has 0 fully saturated rings. The van der Waals surface area contributed by atoms with Crippen LogP contribution in [0.1, 0.15) is 33.1 Å². The fourth-order valence-electron chi connectivity index (χ4n) is 4.06. The fourth-order valence-corrected chi connectivity index (χ4v) is 5.04. The van der Waals surface area contributed by atoms with Gasteiger partial charge in [-0.05, 0) is 59.5 Å². The molecule has 32 heavy (non-hydrogen) atoms. The zero-order valence-corrected chi connectivity index (χ0v) is 19.6. The van der Waals surface area contributed by atoms with E-state index in [9.17, 15) is 9.18 Å². The molecule has 1 aliphatic heterocycles. The topological polar surface area (TPSA) is 38.8 Å². The summed E-state index contributed by atoms with van der Waals surface area (Å²) in [7, 11) is 3.13. The second-order valence-electron chi connectivity index (χ2n) is 7.35. The molecule has 0 radical (unpaired) electrons. The van der Waals surface area contributed by atoms with Crippen LogP contribution in [0.4, 0.5) is 4.39 Å². The van der Waals surface area contributed by atoms with Crippen LogP contribution < -0.4 is 9.47 Å². The van der Waals surface area contributed by atoms with E-state index in [1.807, 2.05) is 12.1 Å². The van der Waals surface area contributed by atoms with Crippen molar-refractivity contribution in [2.45, 2.75) is 12.5 Å². The number of methoxy groups -OCH3 is 2. The van der Waals surface area contributed by atoms with Crippen molar-refractivity contribution in [3.63, 3.8) is 0 Å². The second kappa shape index (κ2) is 9.18. The number of rotatable bonds is 4. The molecule has 0 aromatic heterocycles. The zero-order chi connectivity index (χ0) is 23.0. The molecule has 0 saturated carbocycles. The second-order valence-corrected chi connectivity index (χ2v) is 8.60. The van der Waals surface area contributed by atoms with Crippen molar-refractivity contribution in [3.05, 3.63) is 91.7 Å². The van der Waals surface area contributed by atoms with Crippen molar-refractivity contribution in [3.8, 4) is 11.5 Å². The van der Waals surface area contributed by atoms with Crippen LogP contribution in [0.15, 0.2) is 48.5 Å². The maximum absolute atomic E-state index is 13.7. The summed E-state index contributed by atoms with van der Waals surface area (Å²) in [6, 6.07) is 12.3. The Balaban J connectivity index is 1.88. The van der Waals surface area contributed by atoms with Gasteiger partial charge in [0.05, 0.1) is 35.9 Å². The minimum absolute atomic E-state index is 0.170. The first kappa shape index (κ1) is 22.7. The number of hydrogen-bond donors (Lipinski definition) is 0. The van der Waals surface area contributed by atoms with Crippen LogP contribution in [0.25, 0.3) is 0 Å². The van der Waals surface area contributed by atoms with E-state index in [0.717, 1.165) is 16.7 Å². The van der Waals surface area contributed by atoms with E-state index in [0.29, 0.717) is 29.5 Å². The number of halogens is 4. The average Bonchev–Trinajstić information content (AvgIpc) is 2.77. The first-order chi connectivity index (χ1) is 15.3. The summed E-state index contributed by atoms with van der Waals surface area (Å²) in [6.45, 7) is 0.401. The van der Waals surface area contributed by atoms with Gasteiger partial charge < -0.3 is 14.4 Å². The van der Waals surface area contributed by atoms with E-state index >= 15 is 0 Å². The number of fused-ring (bicyclic) bond motifs is 1. The third-order valence-electron chi connectivity index (χ3n) is 5.54. The van der Waals surface area contributed by atoms with Gasteiger partial charge in [0, 0.05) is 11.6 Å². The maximum atomic E-state index is 13.7. The highest BCUT2D eigenvalue weighted by molar-refractivity contribution is 6.42. The van der Waals surface area contributed by atoms with Crippen LogP contribution >= 0.6 is 34.8 Å². The summed E-state index contributed by atoms with van der Waals surface area (Å²) in [5.41, 5.74) is 2.78. The molecular weight excluding hydrogens is 476 g/mol. The monoisotopic (exact) mass is 493 g/mol. The lowest BCUT2D eigenvalue weighted by molar-refractivity contribution is 0.0694. The number of benzene rings is 3. The Morgan fingerprint density at radius 3 is 2.16 bits per heavy atom. The lowest BCUT2D eigenvalue weighted by Crippen LogP contribution is -2.41. The number of hydrogen-bond acceptors (Lipinski definition) is 3. The highest BCUT2D eigenvalue weighted by Crippen LogP contribution is 2.42. The molecule has 0 aliphatic carbocycles. The van der Waals surface area contributed by atoms with Crippen LogP contribution in [0.3, 0.4) is 0 Å². The fraction of sp³-hybridized carbons (Fsp3) is 0.208. The predicted molar refractivity (Wildman–Crippen MR) is 124 cm³/mol. The van der Waals surface area contributed by atoms with Gasteiger partial charge in [0.2, 0.25) is 0 Å².